The normalized spacial score (nSPS) is 10.5. The number of hydrogen-bond acceptors (Lipinski definition) is 7. The van der Waals surface area contributed by atoms with Crippen LogP contribution >= 0.6 is 11.3 Å². The molecule has 2 aromatic carbocycles. The van der Waals surface area contributed by atoms with E-state index < -0.39 is 10.7 Å². The van der Waals surface area contributed by atoms with Crippen LogP contribution in [0.2, 0.25) is 0 Å². The molecule has 1 heterocycles. The third-order valence-corrected chi connectivity index (χ3v) is 4.46. The summed E-state index contributed by atoms with van der Waals surface area (Å²) in [5, 5.41) is 11.4. The first-order valence-corrected chi connectivity index (χ1v) is 7.68. The average Bonchev–Trinajstić information content (AvgIpc) is 2.96. The minimum Gasteiger partial charge on any atom is -0.399 e. The van der Waals surface area contributed by atoms with Crippen molar-refractivity contribution in [3.8, 4) is 10.6 Å². The van der Waals surface area contributed by atoms with Gasteiger partial charge in [0.25, 0.3) is 5.69 Å². The number of ketones is 1. The fourth-order valence-electron chi connectivity index (χ4n) is 2.14. The van der Waals surface area contributed by atoms with Crippen LogP contribution in [0, 0.1) is 10.1 Å². The topological polar surface area (TPSA) is 125 Å². The van der Waals surface area contributed by atoms with E-state index in [9.17, 15) is 14.9 Å². The summed E-state index contributed by atoms with van der Waals surface area (Å²) >= 11 is 1.14. The fourth-order valence-corrected chi connectivity index (χ4v) is 3.09. The molecule has 3 aromatic rings. The van der Waals surface area contributed by atoms with E-state index in [0.29, 0.717) is 10.7 Å². The highest BCUT2D eigenvalue weighted by Crippen LogP contribution is 2.32. The van der Waals surface area contributed by atoms with Gasteiger partial charge in [-0.05, 0) is 24.3 Å². The van der Waals surface area contributed by atoms with Crippen molar-refractivity contribution in [3.05, 3.63) is 69.1 Å². The third kappa shape index (κ3) is 2.95. The van der Waals surface area contributed by atoms with Gasteiger partial charge in [0, 0.05) is 28.9 Å². The van der Waals surface area contributed by atoms with Crippen LogP contribution in [0.1, 0.15) is 15.2 Å². The molecule has 7 nitrogen and oxygen atoms in total. The summed E-state index contributed by atoms with van der Waals surface area (Å²) in [6.07, 6.45) is 0. The first-order valence-electron chi connectivity index (χ1n) is 6.87. The number of nitro groups is 1. The second-order valence-electron chi connectivity index (χ2n) is 4.99. The van der Waals surface area contributed by atoms with E-state index in [4.69, 9.17) is 11.5 Å². The van der Waals surface area contributed by atoms with Gasteiger partial charge in [-0.2, -0.15) is 0 Å². The Kier molecular flexibility index (Phi) is 3.97. The highest BCUT2D eigenvalue weighted by Gasteiger charge is 2.20. The largest absolute Gasteiger partial charge is 0.399 e. The number of carbonyl (C=O) groups is 1. The van der Waals surface area contributed by atoms with Crippen molar-refractivity contribution in [2.45, 2.75) is 0 Å². The lowest BCUT2D eigenvalue weighted by molar-refractivity contribution is -0.384. The van der Waals surface area contributed by atoms with E-state index >= 15 is 0 Å². The first kappa shape index (κ1) is 15.6. The molecule has 0 fully saturated rings. The van der Waals surface area contributed by atoms with Crippen molar-refractivity contribution in [3.63, 3.8) is 0 Å². The van der Waals surface area contributed by atoms with Crippen LogP contribution in [0.15, 0.2) is 48.5 Å². The zero-order valence-electron chi connectivity index (χ0n) is 12.3. The minimum absolute atomic E-state index is 0.100. The number of aromatic nitrogens is 1. The molecule has 0 unspecified atom stereocenters. The molecular formula is C16H12N4O3S. The Morgan fingerprint density at radius 2 is 1.83 bits per heavy atom. The lowest BCUT2D eigenvalue weighted by Crippen LogP contribution is -2.03. The molecular weight excluding hydrogens is 328 g/mol. The predicted molar refractivity (Wildman–Crippen MR) is 92.9 cm³/mol. The molecule has 3 rings (SSSR count). The van der Waals surface area contributed by atoms with Crippen LogP contribution in [0.3, 0.4) is 0 Å². The number of thiazole rings is 1. The number of nitro benzene ring substituents is 1. The zero-order chi connectivity index (χ0) is 17.3. The Labute approximate surface area is 140 Å². The Balaban J connectivity index is 1.98. The number of carbonyl (C=O) groups excluding carboxylic acids is 1. The quantitative estimate of drug-likeness (QED) is 0.325. The maximum absolute atomic E-state index is 12.6. The molecule has 0 atom stereocenters. The molecule has 120 valence electrons. The van der Waals surface area contributed by atoms with Gasteiger partial charge in [-0.25, -0.2) is 4.98 Å². The lowest BCUT2D eigenvalue weighted by Gasteiger charge is -1.99. The SMILES string of the molecule is Nc1ccc(-c2nc(N)c(C(=O)c3cccc([N+](=O)[O-])c3)s2)cc1. The second kappa shape index (κ2) is 6.09. The first-order chi connectivity index (χ1) is 11.5. The van der Waals surface area contributed by atoms with Gasteiger partial charge < -0.3 is 11.5 Å². The number of nitrogens with zero attached hydrogens (tertiary/aromatic N) is 2. The fraction of sp³-hybridized carbons (Fsp3) is 0. The minimum atomic E-state index is -0.549. The highest BCUT2D eigenvalue weighted by molar-refractivity contribution is 7.17. The summed E-state index contributed by atoms with van der Waals surface area (Å²) in [4.78, 5) is 27.4. The van der Waals surface area contributed by atoms with Crippen molar-refractivity contribution in [2.24, 2.45) is 0 Å². The Hall–Kier alpha value is -3.26. The maximum atomic E-state index is 12.6. The summed E-state index contributed by atoms with van der Waals surface area (Å²) in [6, 6.07) is 12.6. The van der Waals surface area contributed by atoms with Gasteiger partial charge >= 0.3 is 0 Å². The van der Waals surface area contributed by atoms with Gasteiger partial charge in [-0.1, -0.05) is 12.1 Å². The van der Waals surface area contributed by atoms with Gasteiger partial charge in [0.05, 0.1) is 4.92 Å². The number of hydrogen-bond donors (Lipinski definition) is 2. The summed E-state index contributed by atoms with van der Waals surface area (Å²) in [5.41, 5.74) is 13.0. The van der Waals surface area contributed by atoms with Crippen molar-refractivity contribution >= 4 is 34.3 Å². The molecule has 0 aliphatic rings. The number of anilines is 2. The number of nitrogen functional groups attached to an aromatic ring is 2. The zero-order valence-corrected chi connectivity index (χ0v) is 13.1. The Bertz CT molecular complexity index is 935. The van der Waals surface area contributed by atoms with Crippen molar-refractivity contribution < 1.29 is 9.72 Å². The van der Waals surface area contributed by atoms with Crippen LogP contribution in [0.4, 0.5) is 17.2 Å². The van der Waals surface area contributed by atoms with E-state index in [1.165, 1.54) is 24.3 Å². The summed E-state index contributed by atoms with van der Waals surface area (Å²) in [5.74, 6) is -0.293. The smallest absolute Gasteiger partial charge is 0.270 e. The number of rotatable bonds is 4. The lowest BCUT2D eigenvalue weighted by atomic mass is 10.1. The van der Waals surface area contributed by atoms with Gasteiger partial charge in [0.15, 0.2) is 0 Å². The highest BCUT2D eigenvalue weighted by atomic mass is 32.1. The molecule has 0 radical (unpaired) electrons. The molecule has 0 saturated heterocycles. The standard InChI is InChI=1S/C16H12N4O3S/c17-11-6-4-9(5-7-11)16-19-15(18)14(24-16)13(21)10-2-1-3-12(8-10)20(22)23/h1-8H,17-18H2. The molecule has 0 bridgehead atoms. The van der Waals surface area contributed by atoms with Crippen molar-refractivity contribution in [1.82, 2.24) is 4.98 Å². The van der Waals surface area contributed by atoms with E-state index in [-0.39, 0.29) is 21.9 Å². The molecule has 1 aromatic heterocycles. The molecule has 0 saturated carbocycles. The Morgan fingerprint density at radius 3 is 2.50 bits per heavy atom. The summed E-state index contributed by atoms with van der Waals surface area (Å²) in [7, 11) is 0. The van der Waals surface area contributed by atoms with Crippen molar-refractivity contribution in [1.29, 1.82) is 0 Å². The van der Waals surface area contributed by atoms with Gasteiger partial charge in [0.1, 0.15) is 15.7 Å². The van der Waals surface area contributed by atoms with Crippen molar-refractivity contribution in [2.75, 3.05) is 11.5 Å². The van der Waals surface area contributed by atoms with E-state index in [0.717, 1.165) is 16.9 Å². The van der Waals surface area contributed by atoms with Gasteiger partial charge in [-0.15, -0.1) is 11.3 Å². The molecule has 0 aliphatic carbocycles. The third-order valence-electron chi connectivity index (χ3n) is 3.34. The second-order valence-corrected chi connectivity index (χ2v) is 5.99. The molecule has 0 spiro atoms. The van der Waals surface area contributed by atoms with Crippen LogP contribution in [-0.2, 0) is 0 Å². The van der Waals surface area contributed by atoms with E-state index in [1.807, 2.05) is 0 Å². The molecule has 4 N–H and O–H groups in total. The maximum Gasteiger partial charge on any atom is 0.270 e. The summed E-state index contributed by atoms with van der Waals surface area (Å²) < 4.78 is 0. The average molecular weight is 340 g/mol. The molecule has 0 aliphatic heterocycles. The number of nitrogens with two attached hydrogens (primary N) is 2. The Morgan fingerprint density at radius 1 is 1.12 bits per heavy atom. The monoisotopic (exact) mass is 340 g/mol. The number of benzene rings is 2. The van der Waals surface area contributed by atoms with E-state index in [2.05, 4.69) is 4.98 Å². The van der Waals surface area contributed by atoms with Crippen LogP contribution < -0.4 is 11.5 Å². The molecule has 0 amide bonds. The van der Waals surface area contributed by atoms with Crippen LogP contribution in [0.25, 0.3) is 10.6 Å². The van der Waals surface area contributed by atoms with Gasteiger partial charge in [-0.3, -0.25) is 14.9 Å². The van der Waals surface area contributed by atoms with Gasteiger partial charge in [0.2, 0.25) is 5.78 Å². The van der Waals surface area contributed by atoms with Crippen LogP contribution in [0.5, 0.6) is 0 Å². The summed E-state index contributed by atoms with van der Waals surface area (Å²) in [6.45, 7) is 0. The van der Waals surface area contributed by atoms with E-state index in [1.54, 1.807) is 24.3 Å². The number of non-ortho nitro benzene ring substituents is 1. The molecule has 8 heteroatoms. The predicted octanol–water partition coefficient (Wildman–Crippen LogP) is 3.11. The molecule has 24 heavy (non-hydrogen) atoms. The van der Waals surface area contributed by atoms with Crippen LogP contribution in [-0.4, -0.2) is 15.7 Å².